The van der Waals surface area contributed by atoms with E-state index in [2.05, 4.69) is 20.9 Å². The van der Waals surface area contributed by atoms with Gasteiger partial charge in [0.1, 0.15) is 5.52 Å². The summed E-state index contributed by atoms with van der Waals surface area (Å²) in [6.45, 7) is 0. The largest absolute Gasteiger partial charge is 0.505 e. The van der Waals surface area contributed by atoms with Crippen molar-refractivity contribution >= 4 is 27.0 Å². The Balaban J connectivity index is 2.25. The minimum Gasteiger partial charge on any atom is -0.505 e. The molecule has 96 valence electrons. The lowest BCUT2D eigenvalue weighted by Gasteiger charge is -2.00. The van der Waals surface area contributed by atoms with Crippen LogP contribution in [0.4, 0.5) is 8.78 Å². The van der Waals surface area contributed by atoms with Crippen molar-refractivity contribution in [3.8, 4) is 17.2 Å². The number of para-hydroxylation sites is 1. The Hall–Kier alpha value is -1.95. The lowest BCUT2D eigenvalue weighted by Crippen LogP contribution is -1.90. The molecule has 0 aliphatic heterocycles. The van der Waals surface area contributed by atoms with Gasteiger partial charge in [-0.25, -0.2) is 9.37 Å². The van der Waals surface area contributed by atoms with Crippen LogP contribution in [0.3, 0.4) is 0 Å². The number of oxazole rings is 1. The third-order valence-electron chi connectivity index (χ3n) is 2.66. The van der Waals surface area contributed by atoms with Gasteiger partial charge in [-0.3, -0.25) is 0 Å². The van der Waals surface area contributed by atoms with Crippen LogP contribution in [-0.2, 0) is 0 Å². The summed E-state index contributed by atoms with van der Waals surface area (Å²) in [5.74, 6) is -3.31. The fraction of sp³-hybridized carbons (Fsp3) is 0. The van der Waals surface area contributed by atoms with Gasteiger partial charge in [-0.05, 0) is 40.2 Å². The zero-order chi connectivity index (χ0) is 13.6. The van der Waals surface area contributed by atoms with Gasteiger partial charge in [0.25, 0.3) is 0 Å². The topological polar surface area (TPSA) is 46.3 Å². The summed E-state index contributed by atoms with van der Waals surface area (Å²) in [6.07, 6.45) is 0. The molecule has 0 saturated carbocycles. The van der Waals surface area contributed by atoms with Crippen LogP contribution in [0.2, 0.25) is 0 Å². The van der Waals surface area contributed by atoms with Gasteiger partial charge in [0.15, 0.2) is 17.1 Å². The zero-order valence-corrected chi connectivity index (χ0v) is 10.9. The summed E-state index contributed by atoms with van der Waals surface area (Å²) in [6, 6.07) is 7.48. The Morgan fingerprint density at radius 3 is 2.63 bits per heavy atom. The normalized spacial score (nSPS) is 11.1. The van der Waals surface area contributed by atoms with Gasteiger partial charge in [0, 0.05) is 0 Å². The Bertz CT molecular complexity index is 786. The van der Waals surface area contributed by atoms with E-state index in [4.69, 9.17) is 9.52 Å². The van der Waals surface area contributed by atoms with Crippen LogP contribution in [0.25, 0.3) is 22.6 Å². The van der Waals surface area contributed by atoms with E-state index in [-0.39, 0.29) is 11.5 Å². The van der Waals surface area contributed by atoms with Crippen LogP contribution in [-0.4, -0.2) is 10.1 Å². The highest BCUT2D eigenvalue weighted by Gasteiger charge is 2.19. The van der Waals surface area contributed by atoms with Gasteiger partial charge in [-0.15, -0.1) is 0 Å². The number of rotatable bonds is 1. The number of aromatic nitrogens is 1. The average molecular weight is 326 g/mol. The summed E-state index contributed by atoms with van der Waals surface area (Å²) in [7, 11) is 0. The van der Waals surface area contributed by atoms with E-state index >= 15 is 0 Å². The summed E-state index contributed by atoms with van der Waals surface area (Å²) in [5.41, 5.74) is 0.834. The van der Waals surface area contributed by atoms with Crippen LogP contribution in [0.15, 0.2) is 39.2 Å². The first kappa shape index (κ1) is 12.1. The average Bonchev–Trinajstić information content (AvgIpc) is 2.81. The van der Waals surface area contributed by atoms with Gasteiger partial charge in [0.05, 0.1) is 10.0 Å². The Morgan fingerprint density at radius 2 is 1.89 bits per heavy atom. The molecule has 0 atom stereocenters. The molecule has 3 nitrogen and oxygen atoms in total. The molecule has 0 spiro atoms. The number of hydrogen-bond acceptors (Lipinski definition) is 3. The molecule has 0 aliphatic carbocycles. The number of phenolic OH excluding ortho intramolecular Hbond substituents is 1. The maximum Gasteiger partial charge on any atom is 0.230 e. The highest BCUT2D eigenvalue weighted by atomic mass is 79.9. The van der Waals surface area contributed by atoms with E-state index < -0.39 is 17.4 Å². The first-order valence-electron chi connectivity index (χ1n) is 5.30. The van der Waals surface area contributed by atoms with Gasteiger partial charge < -0.3 is 9.52 Å². The monoisotopic (exact) mass is 325 g/mol. The molecule has 6 heteroatoms. The fourth-order valence-electron chi connectivity index (χ4n) is 1.74. The smallest absolute Gasteiger partial charge is 0.230 e. The van der Waals surface area contributed by atoms with Crippen molar-refractivity contribution < 1.29 is 18.3 Å². The Labute approximate surface area is 114 Å². The standard InChI is InChI=1S/C13H6BrF2NO2/c14-7-2-1-3-8-12(7)19-13(17-8)6-4-5-9(18)11(16)10(6)15/h1-5,18H. The van der Waals surface area contributed by atoms with Gasteiger partial charge in [0.2, 0.25) is 11.7 Å². The van der Waals surface area contributed by atoms with Crippen molar-refractivity contribution in [2.24, 2.45) is 0 Å². The summed E-state index contributed by atoms with van der Waals surface area (Å²) < 4.78 is 33.1. The molecule has 1 heterocycles. The van der Waals surface area contributed by atoms with Crippen LogP contribution in [0, 0.1) is 11.6 Å². The van der Waals surface area contributed by atoms with Crippen molar-refractivity contribution in [2.45, 2.75) is 0 Å². The summed E-state index contributed by atoms with van der Waals surface area (Å²) in [5, 5.41) is 9.08. The van der Waals surface area contributed by atoms with Crippen molar-refractivity contribution in [3.05, 3.63) is 46.4 Å². The minimum atomic E-state index is -1.32. The second-order valence-corrected chi connectivity index (χ2v) is 4.72. The summed E-state index contributed by atoms with van der Waals surface area (Å²) >= 11 is 3.29. The first-order chi connectivity index (χ1) is 9.08. The lowest BCUT2D eigenvalue weighted by molar-refractivity contribution is 0.407. The molecule has 2 aromatic carbocycles. The van der Waals surface area contributed by atoms with E-state index in [0.717, 1.165) is 6.07 Å². The number of halogens is 3. The maximum absolute atomic E-state index is 13.7. The van der Waals surface area contributed by atoms with E-state index in [1.807, 2.05) is 0 Å². The van der Waals surface area contributed by atoms with E-state index in [9.17, 15) is 8.78 Å². The zero-order valence-electron chi connectivity index (χ0n) is 9.32. The highest BCUT2D eigenvalue weighted by Crippen LogP contribution is 2.32. The molecule has 1 aromatic heterocycles. The van der Waals surface area contributed by atoms with E-state index in [0.29, 0.717) is 15.6 Å². The van der Waals surface area contributed by atoms with Crippen molar-refractivity contribution in [3.63, 3.8) is 0 Å². The third kappa shape index (κ3) is 1.88. The number of benzene rings is 2. The molecule has 0 unspecified atom stereocenters. The Kier molecular flexibility index (Phi) is 2.74. The van der Waals surface area contributed by atoms with Crippen molar-refractivity contribution in [1.82, 2.24) is 4.98 Å². The molecule has 1 N–H and O–H groups in total. The molecule has 0 fully saturated rings. The predicted octanol–water partition coefficient (Wildman–Crippen LogP) is 4.24. The molecule has 3 aromatic rings. The molecule has 0 aliphatic rings. The van der Waals surface area contributed by atoms with Crippen LogP contribution in [0.5, 0.6) is 5.75 Å². The number of hydrogen-bond donors (Lipinski definition) is 1. The Morgan fingerprint density at radius 1 is 1.11 bits per heavy atom. The molecule has 0 amide bonds. The maximum atomic E-state index is 13.7. The third-order valence-corrected chi connectivity index (χ3v) is 3.28. The molecule has 19 heavy (non-hydrogen) atoms. The number of fused-ring (bicyclic) bond motifs is 1. The molecule has 0 bridgehead atoms. The second-order valence-electron chi connectivity index (χ2n) is 3.87. The number of aromatic hydroxyl groups is 1. The van der Waals surface area contributed by atoms with Gasteiger partial charge in [-0.1, -0.05) is 6.07 Å². The van der Waals surface area contributed by atoms with Crippen LogP contribution >= 0.6 is 15.9 Å². The highest BCUT2D eigenvalue weighted by molar-refractivity contribution is 9.10. The molecule has 0 saturated heterocycles. The summed E-state index contributed by atoms with van der Waals surface area (Å²) in [4.78, 5) is 4.09. The lowest BCUT2D eigenvalue weighted by atomic mass is 10.2. The molecular formula is C13H6BrF2NO2. The first-order valence-corrected chi connectivity index (χ1v) is 6.09. The SMILES string of the molecule is Oc1ccc(-c2nc3cccc(Br)c3o2)c(F)c1F. The van der Waals surface area contributed by atoms with Crippen molar-refractivity contribution in [2.75, 3.05) is 0 Å². The molecular weight excluding hydrogens is 320 g/mol. The number of phenols is 1. The van der Waals surface area contributed by atoms with Gasteiger partial charge in [-0.2, -0.15) is 4.39 Å². The molecule has 3 rings (SSSR count). The second kappa shape index (κ2) is 4.31. The van der Waals surface area contributed by atoms with Crippen LogP contribution < -0.4 is 0 Å². The van der Waals surface area contributed by atoms with E-state index in [1.165, 1.54) is 6.07 Å². The quantitative estimate of drug-likeness (QED) is 0.727. The van der Waals surface area contributed by atoms with Crippen LogP contribution in [0.1, 0.15) is 0 Å². The molecule has 0 radical (unpaired) electrons. The van der Waals surface area contributed by atoms with E-state index in [1.54, 1.807) is 18.2 Å². The number of nitrogens with zero attached hydrogens (tertiary/aromatic N) is 1. The predicted molar refractivity (Wildman–Crippen MR) is 68.7 cm³/mol. The van der Waals surface area contributed by atoms with Gasteiger partial charge >= 0.3 is 0 Å². The fourth-order valence-corrected chi connectivity index (χ4v) is 2.17. The van der Waals surface area contributed by atoms with Crippen molar-refractivity contribution in [1.29, 1.82) is 0 Å². The minimum absolute atomic E-state index is 0.0432.